The average Bonchev–Trinajstić information content (AvgIpc) is 2.16. The molecule has 0 N–H and O–H groups in total. The molecule has 0 saturated heterocycles. The first-order chi connectivity index (χ1) is 6.17. The molecule has 0 spiro atoms. The zero-order valence-corrected chi connectivity index (χ0v) is 10.0. The number of hydrogen-bond donors (Lipinski definition) is 0. The fourth-order valence-corrected chi connectivity index (χ4v) is 4.27. The van der Waals surface area contributed by atoms with Crippen molar-refractivity contribution >= 4 is 12.6 Å². The molecule has 0 aliphatic rings. The fraction of sp³-hybridized carbons (Fsp3) is 0.500. The Kier molecular flexibility index (Phi) is 3.93. The van der Waals surface area contributed by atoms with Crippen LogP contribution < -0.4 is 5.30 Å². The van der Waals surface area contributed by atoms with E-state index in [1.807, 2.05) is 0 Å². The van der Waals surface area contributed by atoms with Gasteiger partial charge in [0.25, 0.3) is 0 Å². The minimum absolute atomic E-state index is 1.10. The van der Waals surface area contributed by atoms with Gasteiger partial charge in [-0.05, 0) is 0 Å². The van der Waals surface area contributed by atoms with Crippen molar-refractivity contribution in [1.82, 2.24) is 0 Å². The van der Waals surface area contributed by atoms with Crippen molar-refractivity contribution in [2.45, 2.75) is 19.8 Å². The van der Waals surface area contributed by atoms with E-state index in [0.29, 0.717) is 0 Å². The molecular weight excluding hydrogens is 175 g/mol. The molecule has 1 aromatic rings. The van der Waals surface area contributed by atoms with Crippen LogP contribution in [0.25, 0.3) is 0 Å². The summed E-state index contributed by atoms with van der Waals surface area (Å²) in [6, 6.07) is 11.0. The predicted molar refractivity (Wildman–Crippen MR) is 66.0 cm³/mol. The Bertz CT molecular complexity index is 239. The number of hydrogen-bond acceptors (Lipinski definition) is 0. The van der Waals surface area contributed by atoms with Crippen LogP contribution >= 0.6 is 7.26 Å². The molecule has 1 aromatic carbocycles. The van der Waals surface area contributed by atoms with E-state index in [0.717, 1.165) is 0 Å². The van der Waals surface area contributed by atoms with Gasteiger partial charge in [-0.25, -0.2) is 0 Å². The summed E-state index contributed by atoms with van der Waals surface area (Å²) >= 11 is 0. The first-order valence-corrected chi connectivity index (χ1v) is 8.43. The average molecular weight is 196 g/mol. The van der Waals surface area contributed by atoms with Crippen LogP contribution in [0, 0.1) is 0 Å². The molecule has 74 valence electrons. The summed E-state index contributed by atoms with van der Waals surface area (Å²) in [5, 5.41) is 1.60. The van der Waals surface area contributed by atoms with E-state index in [1.165, 1.54) is 19.0 Å². The van der Waals surface area contributed by atoms with E-state index in [9.17, 15) is 0 Å². The molecule has 0 bridgehead atoms. The summed E-state index contributed by atoms with van der Waals surface area (Å²) in [5.74, 6) is 0. The summed E-state index contributed by atoms with van der Waals surface area (Å²) in [6.45, 7) is 7.21. The van der Waals surface area contributed by atoms with Gasteiger partial charge >= 0.3 is 82.2 Å². The summed E-state index contributed by atoms with van der Waals surface area (Å²) < 4.78 is 0. The SMILES string of the molecule is CCCC[PH](C)(C)c1ccccc1. The standard InChI is InChI=1S/C12H21P/c1-4-5-11-13(2,3)12-9-7-6-8-10-12/h6-10,13H,4-5,11H2,1-3H3. The molecule has 0 unspecified atom stereocenters. The predicted octanol–water partition coefficient (Wildman–Crippen LogP) is 3.12. The summed E-state index contributed by atoms with van der Waals surface area (Å²) in [5.41, 5.74) is 0. The van der Waals surface area contributed by atoms with E-state index in [-0.39, 0.29) is 0 Å². The van der Waals surface area contributed by atoms with Crippen molar-refractivity contribution < 1.29 is 0 Å². The van der Waals surface area contributed by atoms with E-state index < -0.39 is 7.26 Å². The number of rotatable bonds is 4. The monoisotopic (exact) mass is 196 g/mol. The van der Waals surface area contributed by atoms with Gasteiger partial charge in [-0.15, -0.1) is 0 Å². The third-order valence-corrected chi connectivity index (χ3v) is 6.21. The van der Waals surface area contributed by atoms with E-state index in [1.54, 1.807) is 5.30 Å². The molecule has 0 radical (unpaired) electrons. The Labute approximate surface area is 82.7 Å². The van der Waals surface area contributed by atoms with Crippen LogP contribution in [0.1, 0.15) is 19.8 Å². The molecule has 0 fully saturated rings. The van der Waals surface area contributed by atoms with Crippen molar-refractivity contribution in [3.63, 3.8) is 0 Å². The zero-order chi connectivity index (χ0) is 9.73. The molecule has 0 aliphatic carbocycles. The van der Waals surface area contributed by atoms with Gasteiger partial charge in [0.2, 0.25) is 0 Å². The summed E-state index contributed by atoms with van der Waals surface area (Å²) in [7, 11) is -1.10. The van der Waals surface area contributed by atoms with Crippen LogP contribution in [0.2, 0.25) is 0 Å². The van der Waals surface area contributed by atoms with E-state index in [4.69, 9.17) is 0 Å². The Morgan fingerprint density at radius 1 is 1.08 bits per heavy atom. The topological polar surface area (TPSA) is 0 Å². The van der Waals surface area contributed by atoms with Gasteiger partial charge in [0.15, 0.2) is 0 Å². The van der Waals surface area contributed by atoms with Gasteiger partial charge in [-0.3, -0.25) is 0 Å². The van der Waals surface area contributed by atoms with Crippen LogP contribution in [0.5, 0.6) is 0 Å². The Morgan fingerprint density at radius 2 is 1.69 bits per heavy atom. The van der Waals surface area contributed by atoms with Crippen LogP contribution in [0.4, 0.5) is 0 Å². The second-order valence-corrected chi connectivity index (χ2v) is 9.20. The second kappa shape index (κ2) is 4.77. The first-order valence-electron chi connectivity index (χ1n) is 5.22. The Morgan fingerprint density at radius 3 is 2.23 bits per heavy atom. The molecule has 0 heterocycles. The van der Waals surface area contributed by atoms with Crippen molar-refractivity contribution in [3.8, 4) is 0 Å². The molecule has 0 aromatic heterocycles. The molecule has 1 rings (SSSR count). The Balaban J connectivity index is 2.69. The van der Waals surface area contributed by atoms with Gasteiger partial charge in [0, 0.05) is 0 Å². The van der Waals surface area contributed by atoms with Crippen LogP contribution in [0.3, 0.4) is 0 Å². The van der Waals surface area contributed by atoms with Crippen molar-refractivity contribution in [1.29, 1.82) is 0 Å². The van der Waals surface area contributed by atoms with Gasteiger partial charge < -0.3 is 0 Å². The van der Waals surface area contributed by atoms with E-state index >= 15 is 0 Å². The van der Waals surface area contributed by atoms with Crippen LogP contribution in [0.15, 0.2) is 30.3 Å². The molecule has 13 heavy (non-hydrogen) atoms. The molecule has 0 saturated carbocycles. The normalized spacial score (nSPS) is 12.8. The van der Waals surface area contributed by atoms with Gasteiger partial charge in [-0.1, -0.05) is 0 Å². The zero-order valence-electron chi connectivity index (χ0n) is 9.01. The molecule has 0 nitrogen and oxygen atoms in total. The minimum atomic E-state index is -1.10. The summed E-state index contributed by atoms with van der Waals surface area (Å²) in [4.78, 5) is 0. The maximum absolute atomic E-state index is 2.47. The van der Waals surface area contributed by atoms with Crippen molar-refractivity contribution in [2.24, 2.45) is 0 Å². The summed E-state index contributed by atoms with van der Waals surface area (Å²) in [6.07, 6.45) is 4.13. The fourth-order valence-electron chi connectivity index (χ4n) is 1.65. The maximum atomic E-state index is 2.47. The molecule has 0 atom stereocenters. The molecule has 1 heteroatoms. The number of benzene rings is 1. The van der Waals surface area contributed by atoms with Gasteiger partial charge in [-0.2, -0.15) is 0 Å². The third kappa shape index (κ3) is 3.12. The van der Waals surface area contributed by atoms with Crippen LogP contribution in [-0.4, -0.2) is 19.5 Å². The third-order valence-electron chi connectivity index (χ3n) is 2.71. The first kappa shape index (κ1) is 10.7. The van der Waals surface area contributed by atoms with Gasteiger partial charge in [0.1, 0.15) is 0 Å². The number of unbranched alkanes of at least 4 members (excludes halogenated alkanes) is 1. The quantitative estimate of drug-likeness (QED) is 0.649. The van der Waals surface area contributed by atoms with Crippen LogP contribution in [-0.2, 0) is 0 Å². The molecular formula is C12H21P. The van der Waals surface area contributed by atoms with Gasteiger partial charge in [0.05, 0.1) is 0 Å². The van der Waals surface area contributed by atoms with Crippen molar-refractivity contribution in [2.75, 3.05) is 19.5 Å². The molecule has 0 aliphatic heterocycles. The van der Waals surface area contributed by atoms with Crippen molar-refractivity contribution in [3.05, 3.63) is 30.3 Å². The Hall–Kier alpha value is -0.350. The van der Waals surface area contributed by atoms with E-state index in [2.05, 4.69) is 50.6 Å². The second-order valence-electron chi connectivity index (χ2n) is 4.35. The molecule has 0 amide bonds.